The number of aryl methyl sites for hydroxylation is 2. The fourth-order valence-corrected chi connectivity index (χ4v) is 3.68. The summed E-state index contributed by atoms with van der Waals surface area (Å²) in [6.07, 6.45) is 3.52. The molecule has 0 bridgehead atoms. The first-order valence-electron chi connectivity index (χ1n) is 8.95. The van der Waals surface area contributed by atoms with Crippen LogP contribution in [0.15, 0.2) is 6.07 Å². The van der Waals surface area contributed by atoms with Crippen LogP contribution in [-0.2, 0) is 26.1 Å². The van der Waals surface area contributed by atoms with Crippen molar-refractivity contribution < 1.29 is 4.79 Å². The largest absolute Gasteiger partial charge is 0.348 e. The van der Waals surface area contributed by atoms with Crippen LogP contribution in [0.2, 0.25) is 0 Å². The molecule has 6 heteroatoms. The third kappa shape index (κ3) is 2.54. The first-order chi connectivity index (χ1) is 11.6. The predicted molar refractivity (Wildman–Crippen MR) is 90.8 cm³/mol. The third-order valence-electron chi connectivity index (χ3n) is 5.38. The number of aromatic nitrogens is 4. The van der Waals surface area contributed by atoms with Gasteiger partial charge in [0.05, 0.1) is 12.1 Å². The van der Waals surface area contributed by atoms with E-state index in [0.29, 0.717) is 6.54 Å². The van der Waals surface area contributed by atoms with Gasteiger partial charge in [-0.1, -0.05) is 6.92 Å². The molecular weight excluding hydrogens is 302 g/mol. The number of carbonyl (C=O) groups is 1. The zero-order valence-electron chi connectivity index (χ0n) is 14.7. The van der Waals surface area contributed by atoms with Crippen molar-refractivity contribution in [3.05, 3.63) is 34.7 Å². The summed E-state index contributed by atoms with van der Waals surface area (Å²) in [5.41, 5.74) is 3.14. The molecule has 1 aliphatic heterocycles. The Balaban J connectivity index is 1.56. The molecule has 0 radical (unpaired) electrons. The lowest BCUT2D eigenvalue weighted by atomic mass is 10.2. The second-order valence-corrected chi connectivity index (χ2v) is 7.10. The third-order valence-corrected chi connectivity index (χ3v) is 5.38. The van der Waals surface area contributed by atoms with Crippen molar-refractivity contribution in [1.82, 2.24) is 24.2 Å². The zero-order valence-corrected chi connectivity index (χ0v) is 14.7. The SMILES string of the molecule is CCc1nnc2n1CCN(C(=O)c1cc(C)n(CC3CC3)c1C)C2. The number of nitrogens with zero attached hydrogens (tertiary/aromatic N) is 5. The van der Waals surface area contributed by atoms with E-state index < -0.39 is 0 Å². The number of amides is 1. The molecule has 2 aromatic rings. The monoisotopic (exact) mass is 327 g/mol. The Kier molecular flexibility index (Phi) is 3.70. The minimum atomic E-state index is 0.123. The molecule has 1 saturated carbocycles. The van der Waals surface area contributed by atoms with Crippen molar-refractivity contribution in [2.75, 3.05) is 6.54 Å². The number of carbonyl (C=O) groups excluding carboxylic acids is 1. The van der Waals surface area contributed by atoms with Crippen LogP contribution in [0.1, 0.15) is 53.2 Å². The first-order valence-corrected chi connectivity index (χ1v) is 8.95. The van der Waals surface area contributed by atoms with Gasteiger partial charge in [0.2, 0.25) is 0 Å². The molecule has 3 heterocycles. The Bertz CT molecular complexity index is 784. The summed E-state index contributed by atoms with van der Waals surface area (Å²) in [5.74, 6) is 2.84. The Morgan fingerprint density at radius 1 is 1.25 bits per heavy atom. The van der Waals surface area contributed by atoms with Crippen LogP contribution >= 0.6 is 0 Å². The molecule has 1 fully saturated rings. The normalized spacial score (nSPS) is 17.2. The number of rotatable bonds is 4. The van der Waals surface area contributed by atoms with Crippen LogP contribution in [-0.4, -0.2) is 36.7 Å². The van der Waals surface area contributed by atoms with E-state index in [2.05, 4.69) is 46.2 Å². The molecule has 0 spiro atoms. The molecular formula is C18H25N5O. The van der Waals surface area contributed by atoms with Gasteiger partial charge in [-0.25, -0.2) is 0 Å². The van der Waals surface area contributed by atoms with Crippen LogP contribution < -0.4 is 0 Å². The van der Waals surface area contributed by atoms with E-state index in [-0.39, 0.29) is 5.91 Å². The number of fused-ring (bicyclic) bond motifs is 1. The smallest absolute Gasteiger partial charge is 0.256 e. The molecule has 6 nitrogen and oxygen atoms in total. The summed E-state index contributed by atoms with van der Waals surface area (Å²) in [7, 11) is 0. The quantitative estimate of drug-likeness (QED) is 0.866. The van der Waals surface area contributed by atoms with Gasteiger partial charge in [-0.15, -0.1) is 10.2 Å². The van der Waals surface area contributed by atoms with Crippen molar-refractivity contribution >= 4 is 5.91 Å². The molecule has 1 aliphatic carbocycles. The highest BCUT2D eigenvalue weighted by atomic mass is 16.2. The van der Waals surface area contributed by atoms with E-state index in [1.165, 1.54) is 18.5 Å². The van der Waals surface area contributed by atoms with Crippen LogP contribution in [0.4, 0.5) is 0 Å². The second kappa shape index (κ2) is 5.76. The predicted octanol–water partition coefficient (Wildman–Crippen LogP) is 2.32. The molecule has 0 atom stereocenters. The molecule has 1 amide bonds. The molecule has 0 saturated heterocycles. The highest BCUT2D eigenvalue weighted by Crippen LogP contribution is 2.32. The number of hydrogen-bond donors (Lipinski definition) is 0. The van der Waals surface area contributed by atoms with E-state index in [0.717, 1.165) is 54.9 Å². The van der Waals surface area contributed by atoms with Crippen molar-refractivity contribution in [1.29, 1.82) is 0 Å². The topological polar surface area (TPSA) is 56.0 Å². The van der Waals surface area contributed by atoms with Crippen LogP contribution in [0, 0.1) is 19.8 Å². The molecule has 128 valence electrons. The molecule has 24 heavy (non-hydrogen) atoms. The summed E-state index contributed by atoms with van der Waals surface area (Å²) < 4.78 is 4.46. The van der Waals surface area contributed by atoms with Crippen molar-refractivity contribution in [2.45, 2.75) is 59.7 Å². The molecule has 0 unspecified atom stereocenters. The molecule has 2 aliphatic rings. The highest BCUT2D eigenvalue weighted by Gasteiger charge is 2.28. The minimum Gasteiger partial charge on any atom is -0.348 e. The summed E-state index contributed by atoms with van der Waals surface area (Å²) in [5, 5.41) is 8.49. The average Bonchev–Trinajstić information content (AvgIpc) is 3.25. The highest BCUT2D eigenvalue weighted by molar-refractivity contribution is 5.95. The van der Waals surface area contributed by atoms with Gasteiger partial charge in [-0.05, 0) is 38.7 Å². The molecule has 4 rings (SSSR count). The maximum Gasteiger partial charge on any atom is 0.256 e. The molecule has 2 aromatic heterocycles. The van der Waals surface area contributed by atoms with E-state index in [1.807, 2.05) is 4.90 Å². The minimum absolute atomic E-state index is 0.123. The fraction of sp³-hybridized carbons (Fsp3) is 0.611. The lowest BCUT2D eigenvalue weighted by Gasteiger charge is -2.28. The van der Waals surface area contributed by atoms with Crippen LogP contribution in [0.5, 0.6) is 0 Å². The maximum atomic E-state index is 13.0. The Morgan fingerprint density at radius 2 is 2.04 bits per heavy atom. The van der Waals surface area contributed by atoms with Crippen LogP contribution in [0.3, 0.4) is 0 Å². The van der Waals surface area contributed by atoms with Gasteiger partial charge in [0.15, 0.2) is 5.82 Å². The summed E-state index contributed by atoms with van der Waals surface area (Å²) >= 11 is 0. The van der Waals surface area contributed by atoms with E-state index in [1.54, 1.807) is 0 Å². The maximum absolute atomic E-state index is 13.0. The standard InChI is InChI=1S/C18H25N5O/c1-4-16-19-20-17-11-21(7-8-22(16)17)18(24)15-9-12(2)23(13(15)3)10-14-5-6-14/h9,14H,4-8,10-11H2,1-3H3. The Morgan fingerprint density at radius 3 is 2.75 bits per heavy atom. The zero-order chi connectivity index (χ0) is 16.8. The fourth-order valence-electron chi connectivity index (χ4n) is 3.68. The Labute approximate surface area is 142 Å². The van der Waals surface area contributed by atoms with Gasteiger partial charge in [-0.3, -0.25) is 4.79 Å². The number of hydrogen-bond acceptors (Lipinski definition) is 3. The van der Waals surface area contributed by atoms with Crippen molar-refractivity contribution in [2.24, 2.45) is 5.92 Å². The first kappa shape index (κ1) is 15.4. The van der Waals surface area contributed by atoms with Crippen molar-refractivity contribution in [3.8, 4) is 0 Å². The van der Waals surface area contributed by atoms with Gasteiger partial charge >= 0.3 is 0 Å². The lowest BCUT2D eigenvalue weighted by Crippen LogP contribution is -2.39. The van der Waals surface area contributed by atoms with E-state index >= 15 is 0 Å². The van der Waals surface area contributed by atoms with E-state index in [9.17, 15) is 4.79 Å². The molecule has 0 N–H and O–H groups in total. The lowest BCUT2D eigenvalue weighted by molar-refractivity contribution is 0.0705. The summed E-state index contributed by atoms with van der Waals surface area (Å²) in [4.78, 5) is 14.9. The van der Waals surface area contributed by atoms with Crippen LogP contribution in [0.25, 0.3) is 0 Å². The summed E-state index contributed by atoms with van der Waals surface area (Å²) in [6.45, 7) is 9.39. The molecule has 0 aromatic carbocycles. The summed E-state index contributed by atoms with van der Waals surface area (Å²) in [6, 6.07) is 2.05. The van der Waals surface area contributed by atoms with E-state index in [4.69, 9.17) is 0 Å². The van der Waals surface area contributed by atoms with Crippen molar-refractivity contribution in [3.63, 3.8) is 0 Å². The van der Waals surface area contributed by atoms with Gasteiger partial charge in [0, 0.05) is 37.4 Å². The van der Waals surface area contributed by atoms with Gasteiger partial charge in [0.25, 0.3) is 5.91 Å². The average molecular weight is 327 g/mol. The van der Waals surface area contributed by atoms with Gasteiger partial charge < -0.3 is 14.0 Å². The van der Waals surface area contributed by atoms with Gasteiger partial charge in [-0.2, -0.15) is 0 Å². The Hall–Kier alpha value is -2.11. The second-order valence-electron chi connectivity index (χ2n) is 7.10. The van der Waals surface area contributed by atoms with Gasteiger partial charge in [0.1, 0.15) is 5.82 Å².